The minimum absolute atomic E-state index is 0.0482. The number of aromatic nitrogens is 1. The Kier molecular flexibility index (Phi) is 3.96. The molecule has 4 nitrogen and oxygen atoms in total. The molecule has 1 heterocycles. The number of ether oxygens (including phenoxy) is 1. The highest BCUT2D eigenvalue weighted by Crippen LogP contribution is 2.48. The topological polar surface area (TPSA) is 54.4 Å². The van der Waals surface area contributed by atoms with Crippen molar-refractivity contribution in [3.05, 3.63) is 18.3 Å². The molecule has 0 saturated heterocycles. The summed E-state index contributed by atoms with van der Waals surface area (Å²) in [6.07, 6.45) is 4.26. The van der Waals surface area contributed by atoms with E-state index in [0.29, 0.717) is 5.82 Å². The summed E-state index contributed by atoms with van der Waals surface area (Å²) in [5, 5.41) is 12.1. The summed E-state index contributed by atoms with van der Waals surface area (Å²) in [6.45, 7) is -1.89. The molecule has 1 aliphatic carbocycles. The predicted octanol–water partition coefficient (Wildman–Crippen LogP) is 2.26. The molecule has 2 rings (SSSR count). The second-order valence-electron chi connectivity index (χ2n) is 4.58. The van der Waals surface area contributed by atoms with E-state index in [0.717, 1.165) is 25.8 Å². The summed E-state index contributed by atoms with van der Waals surface area (Å²) in [5.74, 6) is 0.674. The van der Waals surface area contributed by atoms with Crippen LogP contribution in [0, 0.1) is 5.41 Å². The molecule has 0 unspecified atom stereocenters. The number of aliphatic hydroxyl groups is 1. The first-order valence-electron chi connectivity index (χ1n) is 5.89. The molecule has 18 heavy (non-hydrogen) atoms. The fourth-order valence-corrected chi connectivity index (χ4v) is 1.86. The summed E-state index contributed by atoms with van der Waals surface area (Å²) in [4.78, 5) is 3.99. The minimum Gasteiger partial charge on any atom is -0.433 e. The molecule has 0 atom stereocenters. The third-order valence-corrected chi connectivity index (χ3v) is 3.21. The van der Waals surface area contributed by atoms with Gasteiger partial charge >= 0.3 is 6.61 Å². The molecule has 1 aromatic rings. The number of hydrogen-bond donors (Lipinski definition) is 2. The molecule has 0 radical (unpaired) electrons. The van der Waals surface area contributed by atoms with Crippen molar-refractivity contribution in [3.8, 4) is 5.75 Å². The Labute approximate surface area is 104 Å². The van der Waals surface area contributed by atoms with E-state index in [-0.39, 0.29) is 17.8 Å². The van der Waals surface area contributed by atoms with E-state index in [1.54, 1.807) is 6.07 Å². The summed E-state index contributed by atoms with van der Waals surface area (Å²) in [6, 6.07) is 3.06. The van der Waals surface area contributed by atoms with Gasteiger partial charge in [-0.3, -0.25) is 0 Å². The second kappa shape index (κ2) is 5.48. The zero-order chi connectivity index (χ0) is 13.0. The van der Waals surface area contributed by atoms with Gasteiger partial charge in [-0.2, -0.15) is 8.78 Å². The maximum Gasteiger partial charge on any atom is 0.387 e. The van der Waals surface area contributed by atoms with Crippen LogP contribution in [-0.2, 0) is 0 Å². The van der Waals surface area contributed by atoms with Crippen molar-refractivity contribution in [3.63, 3.8) is 0 Å². The predicted molar refractivity (Wildman–Crippen MR) is 62.7 cm³/mol. The van der Waals surface area contributed by atoms with Crippen molar-refractivity contribution in [2.45, 2.75) is 25.9 Å². The van der Waals surface area contributed by atoms with Gasteiger partial charge < -0.3 is 15.2 Å². The van der Waals surface area contributed by atoms with Gasteiger partial charge in [-0.05, 0) is 36.8 Å². The Morgan fingerprint density at radius 2 is 2.22 bits per heavy atom. The molecule has 0 aromatic carbocycles. The average molecular weight is 258 g/mol. The van der Waals surface area contributed by atoms with Gasteiger partial charge in [-0.15, -0.1) is 0 Å². The van der Waals surface area contributed by atoms with Crippen molar-refractivity contribution < 1.29 is 18.6 Å². The number of hydrogen-bond acceptors (Lipinski definition) is 4. The van der Waals surface area contributed by atoms with Crippen molar-refractivity contribution in [1.29, 1.82) is 0 Å². The van der Waals surface area contributed by atoms with Gasteiger partial charge in [0.2, 0.25) is 0 Å². The van der Waals surface area contributed by atoms with Crippen LogP contribution in [0.4, 0.5) is 14.6 Å². The zero-order valence-electron chi connectivity index (χ0n) is 9.90. The van der Waals surface area contributed by atoms with Crippen LogP contribution in [0.15, 0.2) is 18.3 Å². The van der Waals surface area contributed by atoms with Gasteiger partial charge in [0, 0.05) is 13.2 Å². The summed E-state index contributed by atoms with van der Waals surface area (Å²) in [7, 11) is 0. The number of aliphatic hydroxyl groups excluding tert-OH is 1. The molecule has 0 amide bonds. The highest BCUT2D eigenvalue weighted by molar-refractivity contribution is 5.38. The summed E-state index contributed by atoms with van der Waals surface area (Å²) in [5.41, 5.74) is 0.189. The standard InChI is InChI=1S/C12H16F2N2O2/c13-11(14)18-9-1-2-10(15-7-9)16-8-12(3-4-12)5-6-17/h1-2,7,11,17H,3-6,8H2,(H,15,16). The van der Waals surface area contributed by atoms with Crippen LogP contribution in [0.3, 0.4) is 0 Å². The largest absolute Gasteiger partial charge is 0.433 e. The Morgan fingerprint density at radius 3 is 2.72 bits per heavy atom. The molecule has 0 aliphatic heterocycles. The smallest absolute Gasteiger partial charge is 0.387 e. The Hall–Kier alpha value is -1.43. The third kappa shape index (κ3) is 3.53. The number of anilines is 1. The van der Waals surface area contributed by atoms with E-state index in [9.17, 15) is 8.78 Å². The Bertz CT molecular complexity index is 380. The van der Waals surface area contributed by atoms with Crippen LogP contribution in [-0.4, -0.2) is 29.9 Å². The molecule has 1 fully saturated rings. The molecule has 100 valence electrons. The molecule has 6 heteroatoms. The lowest BCUT2D eigenvalue weighted by Crippen LogP contribution is -2.17. The van der Waals surface area contributed by atoms with Gasteiger partial charge in [0.05, 0.1) is 6.20 Å². The highest BCUT2D eigenvalue weighted by Gasteiger charge is 2.41. The van der Waals surface area contributed by atoms with Gasteiger partial charge in [-0.1, -0.05) is 0 Å². The number of nitrogens with one attached hydrogen (secondary N) is 1. The average Bonchev–Trinajstić information content (AvgIpc) is 3.09. The van der Waals surface area contributed by atoms with E-state index in [1.165, 1.54) is 12.3 Å². The molecule has 1 aromatic heterocycles. The first-order chi connectivity index (χ1) is 8.63. The Balaban J connectivity index is 1.83. The van der Waals surface area contributed by atoms with Crippen LogP contribution in [0.2, 0.25) is 0 Å². The normalized spacial score (nSPS) is 16.7. The first-order valence-corrected chi connectivity index (χ1v) is 5.89. The van der Waals surface area contributed by atoms with E-state index in [4.69, 9.17) is 5.11 Å². The molecular formula is C12H16F2N2O2. The maximum absolute atomic E-state index is 11.9. The minimum atomic E-state index is -2.83. The number of alkyl halides is 2. The van der Waals surface area contributed by atoms with Gasteiger partial charge in [0.15, 0.2) is 0 Å². The van der Waals surface area contributed by atoms with Crippen molar-refractivity contribution in [1.82, 2.24) is 4.98 Å². The molecule has 0 spiro atoms. The lowest BCUT2D eigenvalue weighted by molar-refractivity contribution is -0.0500. The molecular weight excluding hydrogens is 242 g/mol. The SMILES string of the molecule is OCCC1(CNc2ccc(OC(F)F)cn2)CC1. The van der Waals surface area contributed by atoms with Crippen LogP contribution >= 0.6 is 0 Å². The quantitative estimate of drug-likeness (QED) is 0.787. The monoisotopic (exact) mass is 258 g/mol. The van der Waals surface area contributed by atoms with E-state index in [2.05, 4.69) is 15.0 Å². The number of rotatable bonds is 7. The van der Waals surface area contributed by atoms with Crippen molar-refractivity contribution >= 4 is 5.82 Å². The first kappa shape index (κ1) is 13.0. The van der Waals surface area contributed by atoms with Crippen LogP contribution < -0.4 is 10.1 Å². The molecule has 0 bridgehead atoms. The maximum atomic E-state index is 11.9. The third-order valence-electron chi connectivity index (χ3n) is 3.21. The molecule has 1 aliphatic rings. The fraction of sp³-hybridized carbons (Fsp3) is 0.583. The van der Waals surface area contributed by atoms with Crippen LogP contribution in [0.1, 0.15) is 19.3 Å². The van der Waals surface area contributed by atoms with Gasteiger partial charge in [0.25, 0.3) is 0 Å². The fourth-order valence-electron chi connectivity index (χ4n) is 1.86. The number of halogens is 2. The van der Waals surface area contributed by atoms with Crippen LogP contribution in [0.5, 0.6) is 5.75 Å². The van der Waals surface area contributed by atoms with E-state index < -0.39 is 6.61 Å². The lowest BCUT2D eigenvalue weighted by atomic mass is 10.0. The highest BCUT2D eigenvalue weighted by atomic mass is 19.3. The van der Waals surface area contributed by atoms with Gasteiger partial charge in [-0.25, -0.2) is 4.98 Å². The number of pyridine rings is 1. The van der Waals surface area contributed by atoms with Gasteiger partial charge in [0.1, 0.15) is 11.6 Å². The lowest BCUT2D eigenvalue weighted by Gasteiger charge is -2.15. The molecule has 1 saturated carbocycles. The summed E-state index contributed by atoms with van der Waals surface area (Å²) < 4.78 is 28.1. The van der Waals surface area contributed by atoms with Crippen molar-refractivity contribution in [2.24, 2.45) is 5.41 Å². The molecule has 2 N–H and O–H groups in total. The second-order valence-corrected chi connectivity index (χ2v) is 4.58. The zero-order valence-corrected chi connectivity index (χ0v) is 9.90. The van der Waals surface area contributed by atoms with Crippen LogP contribution in [0.25, 0.3) is 0 Å². The van der Waals surface area contributed by atoms with Crippen molar-refractivity contribution in [2.75, 3.05) is 18.5 Å². The van der Waals surface area contributed by atoms with E-state index in [1.807, 2.05) is 0 Å². The summed E-state index contributed by atoms with van der Waals surface area (Å²) >= 11 is 0. The number of nitrogens with zero attached hydrogens (tertiary/aromatic N) is 1. The van der Waals surface area contributed by atoms with E-state index >= 15 is 0 Å². The Morgan fingerprint density at radius 1 is 1.44 bits per heavy atom.